The summed E-state index contributed by atoms with van der Waals surface area (Å²) < 4.78 is 6.80. The van der Waals surface area contributed by atoms with E-state index in [1.807, 2.05) is 0 Å². The maximum atomic E-state index is 12.6. The minimum absolute atomic E-state index is 0.167. The van der Waals surface area contributed by atoms with Crippen LogP contribution in [0.3, 0.4) is 0 Å². The zero-order valence-corrected chi connectivity index (χ0v) is 15.2. The van der Waals surface area contributed by atoms with Gasteiger partial charge >= 0.3 is 0 Å². The van der Waals surface area contributed by atoms with Crippen molar-refractivity contribution in [2.75, 3.05) is 12.4 Å². The topological polar surface area (TPSA) is 99.3 Å². The lowest BCUT2D eigenvalue weighted by molar-refractivity contribution is -0.385. The highest BCUT2D eigenvalue weighted by Crippen LogP contribution is 2.39. The first-order valence-electron chi connectivity index (χ1n) is 8.55. The quantitative estimate of drug-likeness (QED) is 0.323. The summed E-state index contributed by atoms with van der Waals surface area (Å²) in [6, 6.07) is 8.07. The smallest absolute Gasteiger partial charge is 0.285 e. The molecule has 1 aliphatic heterocycles. The van der Waals surface area contributed by atoms with Crippen molar-refractivity contribution in [3.05, 3.63) is 81.9 Å². The standard InChI is InChI=1S/C21H14N4O4/c1-29-15-8-10-24(12-15)13-17-20-16(5-4-14-3-2-9-22-11-14)19(25(27)28)7-6-18(20)23-21(17)26/h2-3,6-13H,1H3,(H,23,26). The number of fused-ring (bicyclic) bond motifs is 1. The van der Waals surface area contributed by atoms with Crippen molar-refractivity contribution in [3.63, 3.8) is 0 Å². The Bertz CT molecular complexity index is 1220. The first kappa shape index (κ1) is 18.0. The molecule has 4 rings (SSSR count). The van der Waals surface area contributed by atoms with E-state index in [1.54, 1.807) is 60.9 Å². The predicted molar refractivity (Wildman–Crippen MR) is 107 cm³/mol. The molecule has 1 amide bonds. The van der Waals surface area contributed by atoms with Gasteiger partial charge in [0.15, 0.2) is 0 Å². The number of nitrogens with one attached hydrogen (secondary N) is 1. The van der Waals surface area contributed by atoms with Crippen LogP contribution < -0.4 is 10.1 Å². The highest BCUT2D eigenvalue weighted by atomic mass is 16.6. The fourth-order valence-electron chi connectivity index (χ4n) is 2.99. The molecule has 1 N–H and O–H groups in total. The van der Waals surface area contributed by atoms with Gasteiger partial charge < -0.3 is 14.6 Å². The number of anilines is 1. The second kappa shape index (κ2) is 7.32. The number of carbonyl (C=O) groups excluding carboxylic acids is 1. The van der Waals surface area contributed by atoms with Gasteiger partial charge in [0, 0.05) is 42.0 Å². The van der Waals surface area contributed by atoms with Crippen molar-refractivity contribution in [1.82, 2.24) is 9.55 Å². The molecular weight excluding hydrogens is 372 g/mol. The van der Waals surface area contributed by atoms with E-state index in [2.05, 4.69) is 22.1 Å². The van der Waals surface area contributed by atoms with E-state index < -0.39 is 4.92 Å². The van der Waals surface area contributed by atoms with Crippen LogP contribution in [0.2, 0.25) is 0 Å². The van der Waals surface area contributed by atoms with Gasteiger partial charge in [-0.1, -0.05) is 11.8 Å². The Balaban J connectivity index is 1.90. The van der Waals surface area contributed by atoms with Crippen LogP contribution in [-0.2, 0) is 4.79 Å². The Kier molecular flexibility index (Phi) is 4.55. The summed E-state index contributed by atoms with van der Waals surface area (Å²) in [7, 11) is 1.54. The van der Waals surface area contributed by atoms with Gasteiger partial charge in [-0.15, -0.1) is 0 Å². The monoisotopic (exact) mass is 386 g/mol. The molecule has 0 unspecified atom stereocenters. The first-order chi connectivity index (χ1) is 14.1. The van der Waals surface area contributed by atoms with E-state index in [9.17, 15) is 14.9 Å². The molecule has 142 valence electrons. The lowest BCUT2D eigenvalue weighted by Crippen LogP contribution is -2.04. The highest BCUT2D eigenvalue weighted by Gasteiger charge is 2.31. The molecular formula is C21H14N4O4. The minimum Gasteiger partial charge on any atom is -0.495 e. The third kappa shape index (κ3) is 3.44. The number of hydrogen-bond donors (Lipinski definition) is 1. The number of carbonyl (C=O) groups is 1. The molecule has 0 spiro atoms. The fourth-order valence-corrected chi connectivity index (χ4v) is 2.99. The summed E-state index contributed by atoms with van der Waals surface area (Å²) in [4.78, 5) is 27.7. The Labute approximate surface area is 165 Å². The number of rotatable bonds is 3. The summed E-state index contributed by atoms with van der Waals surface area (Å²) in [6.45, 7) is 0. The molecule has 0 fully saturated rings. The summed E-state index contributed by atoms with van der Waals surface area (Å²) in [5.74, 6) is 6.01. The number of methoxy groups -OCH3 is 1. The third-order valence-electron chi connectivity index (χ3n) is 4.34. The zero-order valence-electron chi connectivity index (χ0n) is 15.2. The van der Waals surface area contributed by atoms with Gasteiger partial charge in [0.25, 0.3) is 11.6 Å². The lowest BCUT2D eigenvalue weighted by atomic mass is 9.99. The van der Waals surface area contributed by atoms with Gasteiger partial charge in [-0.3, -0.25) is 19.9 Å². The van der Waals surface area contributed by atoms with Gasteiger partial charge in [0.05, 0.1) is 29.5 Å². The van der Waals surface area contributed by atoms with Gasteiger partial charge in [0.1, 0.15) is 11.3 Å². The maximum absolute atomic E-state index is 12.6. The fraction of sp³-hybridized carbons (Fsp3) is 0.0476. The molecule has 0 radical (unpaired) electrons. The molecule has 0 saturated carbocycles. The average Bonchev–Trinajstić information content (AvgIpc) is 3.31. The third-order valence-corrected chi connectivity index (χ3v) is 4.34. The number of aromatic nitrogens is 2. The van der Waals surface area contributed by atoms with E-state index >= 15 is 0 Å². The summed E-state index contributed by atoms with van der Waals surface area (Å²) >= 11 is 0. The second-order valence-corrected chi connectivity index (χ2v) is 6.13. The number of benzene rings is 1. The number of amides is 1. The Hall–Kier alpha value is -4.38. The van der Waals surface area contributed by atoms with Crippen LogP contribution in [-0.4, -0.2) is 27.5 Å². The van der Waals surface area contributed by atoms with Crippen molar-refractivity contribution in [2.45, 2.75) is 0 Å². The van der Waals surface area contributed by atoms with Crippen molar-refractivity contribution in [3.8, 4) is 17.6 Å². The maximum Gasteiger partial charge on any atom is 0.285 e. The summed E-state index contributed by atoms with van der Waals surface area (Å²) in [6.07, 6.45) is 8.17. The molecule has 1 aliphatic rings. The van der Waals surface area contributed by atoms with E-state index in [-0.39, 0.29) is 22.7 Å². The molecule has 3 aromatic rings. The van der Waals surface area contributed by atoms with Gasteiger partial charge in [0.2, 0.25) is 0 Å². The average molecular weight is 386 g/mol. The second-order valence-electron chi connectivity index (χ2n) is 6.13. The first-order valence-corrected chi connectivity index (χ1v) is 8.55. The van der Waals surface area contributed by atoms with E-state index in [1.165, 1.54) is 12.1 Å². The van der Waals surface area contributed by atoms with Gasteiger partial charge in [-0.25, -0.2) is 0 Å². The summed E-state index contributed by atoms with van der Waals surface area (Å²) in [5, 5.41) is 14.3. The number of hydrogen-bond acceptors (Lipinski definition) is 5. The number of nitrogens with zero attached hydrogens (tertiary/aromatic N) is 3. The van der Waals surface area contributed by atoms with Crippen LogP contribution in [0.5, 0.6) is 5.75 Å². The molecule has 8 nitrogen and oxygen atoms in total. The van der Waals surface area contributed by atoms with Crippen LogP contribution in [0, 0.1) is 22.0 Å². The van der Waals surface area contributed by atoms with Crippen molar-refractivity contribution < 1.29 is 14.5 Å². The SMILES string of the molecule is COc1ccn(C=C2C(=O)Nc3ccc([N+](=O)[O-])c(C#Cc4cccnc4)c32)c1. The molecule has 0 saturated heterocycles. The van der Waals surface area contributed by atoms with Crippen molar-refractivity contribution in [2.24, 2.45) is 0 Å². The lowest BCUT2D eigenvalue weighted by Gasteiger charge is -2.04. The van der Waals surface area contributed by atoms with Crippen LogP contribution in [0.4, 0.5) is 11.4 Å². The van der Waals surface area contributed by atoms with Crippen LogP contribution in [0.25, 0.3) is 11.8 Å². The van der Waals surface area contributed by atoms with Gasteiger partial charge in [-0.05, 0) is 24.3 Å². The number of ether oxygens (including phenoxy) is 1. The number of nitro benzene ring substituents is 1. The molecule has 8 heteroatoms. The molecule has 0 atom stereocenters. The molecule has 0 aliphatic carbocycles. The Morgan fingerprint density at radius 1 is 1.28 bits per heavy atom. The van der Waals surface area contributed by atoms with Crippen LogP contribution in [0.15, 0.2) is 55.1 Å². The van der Waals surface area contributed by atoms with Crippen LogP contribution in [0.1, 0.15) is 16.7 Å². The number of pyridine rings is 1. The zero-order chi connectivity index (χ0) is 20.4. The predicted octanol–water partition coefficient (Wildman–Crippen LogP) is 3.15. The molecule has 3 heterocycles. The minimum atomic E-state index is -0.507. The van der Waals surface area contributed by atoms with Crippen molar-refractivity contribution >= 4 is 29.1 Å². The van der Waals surface area contributed by atoms with Crippen LogP contribution >= 0.6 is 0 Å². The van der Waals surface area contributed by atoms with Gasteiger partial charge in [-0.2, -0.15) is 0 Å². The Morgan fingerprint density at radius 3 is 2.83 bits per heavy atom. The van der Waals surface area contributed by atoms with Crippen molar-refractivity contribution in [1.29, 1.82) is 0 Å². The van der Waals surface area contributed by atoms with E-state index in [0.29, 0.717) is 22.6 Å². The molecule has 29 heavy (non-hydrogen) atoms. The molecule has 2 aromatic heterocycles. The normalized spacial score (nSPS) is 13.4. The molecule has 1 aromatic carbocycles. The van der Waals surface area contributed by atoms with E-state index in [0.717, 1.165) is 0 Å². The number of nitro groups is 1. The molecule has 0 bridgehead atoms. The Morgan fingerprint density at radius 2 is 2.14 bits per heavy atom. The van der Waals surface area contributed by atoms with E-state index in [4.69, 9.17) is 4.74 Å². The summed E-state index contributed by atoms with van der Waals surface area (Å²) in [5.41, 5.74) is 1.75. The highest BCUT2D eigenvalue weighted by molar-refractivity contribution is 6.35. The largest absolute Gasteiger partial charge is 0.495 e.